The largest absolute Gasteiger partial charge is 0.350 e. The molecule has 2 amide bonds. The molecule has 144 valence electrons. The van der Waals surface area contributed by atoms with Gasteiger partial charge in [0, 0.05) is 18.0 Å². The van der Waals surface area contributed by atoms with Gasteiger partial charge < -0.3 is 10.3 Å². The number of carbonyl (C=O) groups excluding carboxylic acids is 2. The van der Waals surface area contributed by atoms with Gasteiger partial charge in [0.15, 0.2) is 5.13 Å². The number of thiazole rings is 1. The van der Waals surface area contributed by atoms with Gasteiger partial charge in [0.1, 0.15) is 5.56 Å². The van der Waals surface area contributed by atoms with Crippen molar-refractivity contribution in [3.8, 4) is 0 Å². The number of rotatable bonds is 7. The van der Waals surface area contributed by atoms with Crippen LogP contribution < -0.4 is 16.2 Å². The molecule has 8 heteroatoms. The van der Waals surface area contributed by atoms with Gasteiger partial charge in [-0.3, -0.25) is 19.7 Å². The molecule has 3 aromatic rings. The van der Waals surface area contributed by atoms with Crippen LogP contribution in [0, 0.1) is 0 Å². The van der Waals surface area contributed by atoms with Crippen molar-refractivity contribution in [3.05, 3.63) is 81.2 Å². The Morgan fingerprint density at radius 2 is 1.96 bits per heavy atom. The van der Waals surface area contributed by atoms with Crippen LogP contribution in [-0.4, -0.2) is 21.8 Å². The molecule has 3 rings (SSSR count). The average molecular weight is 396 g/mol. The maximum Gasteiger partial charge on any atom is 0.263 e. The van der Waals surface area contributed by atoms with Crippen LogP contribution in [0.25, 0.3) is 0 Å². The second kappa shape index (κ2) is 9.09. The van der Waals surface area contributed by atoms with Crippen molar-refractivity contribution in [1.82, 2.24) is 15.3 Å². The maximum atomic E-state index is 12.2. The number of amides is 2. The molecule has 2 aromatic heterocycles. The van der Waals surface area contributed by atoms with Crippen LogP contribution in [-0.2, 0) is 11.2 Å². The lowest BCUT2D eigenvalue weighted by Gasteiger charge is -2.13. The molecule has 0 fully saturated rings. The van der Waals surface area contributed by atoms with E-state index in [-0.39, 0.29) is 17.5 Å². The van der Waals surface area contributed by atoms with Crippen molar-refractivity contribution < 1.29 is 9.59 Å². The first kappa shape index (κ1) is 19.5. The molecule has 0 radical (unpaired) electrons. The average Bonchev–Trinajstić information content (AvgIpc) is 3.14. The molecule has 1 aromatic carbocycles. The quantitative estimate of drug-likeness (QED) is 0.571. The highest BCUT2D eigenvalue weighted by Gasteiger charge is 2.13. The third-order valence-electron chi connectivity index (χ3n) is 4.12. The molecule has 28 heavy (non-hydrogen) atoms. The highest BCUT2D eigenvalue weighted by Crippen LogP contribution is 2.17. The molecule has 0 saturated heterocycles. The molecule has 0 aliphatic heterocycles. The van der Waals surface area contributed by atoms with Crippen molar-refractivity contribution in [1.29, 1.82) is 0 Å². The van der Waals surface area contributed by atoms with Gasteiger partial charge in [-0.25, -0.2) is 4.98 Å². The number of hydrogen-bond donors (Lipinski definition) is 3. The van der Waals surface area contributed by atoms with E-state index in [9.17, 15) is 14.4 Å². The normalized spacial score (nSPS) is 11.6. The first-order valence-electron chi connectivity index (χ1n) is 8.80. The van der Waals surface area contributed by atoms with E-state index in [2.05, 4.69) is 20.6 Å². The van der Waals surface area contributed by atoms with E-state index < -0.39 is 11.5 Å². The fourth-order valence-corrected chi connectivity index (χ4v) is 3.36. The molecule has 1 atom stereocenters. The number of aryl methyl sites for hydroxylation is 1. The molecule has 0 aliphatic rings. The molecule has 2 heterocycles. The Balaban J connectivity index is 1.50. The van der Waals surface area contributed by atoms with Gasteiger partial charge in [-0.1, -0.05) is 30.3 Å². The molecular formula is C20H20N4O3S. The third-order valence-corrected chi connectivity index (χ3v) is 4.93. The van der Waals surface area contributed by atoms with Crippen molar-refractivity contribution in [2.24, 2.45) is 0 Å². The molecule has 7 nitrogen and oxygen atoms in total. The zero-order valence-corrected chi connectivity index (χ0v) is 16.1. The number of aromatic amines is 1. The van der Waals surface area contributed by atoms with E-state index in [1.54, 1.807) is 11.4 Å². The van der Waals surface area contributed by atoms with Crippen LogP contribution in [0.5, 0.6) is 0 Å². The Kier molecular flexibility index (Phi) is 6.33. The molecule has 0 bridgehead atoms. The third kappa shape index (κ3) is 5.14. The Labute approximate surface area is 165 Å². The molecule has 3 N–H and O–H groups in total. The van der Waals surface area contributed by atoms with Crippen molar-refractivity contribution in [2.45, 2.75) is 25.8 Å². The fourth-order valence-electron chi connectivity index (χ4n) is 2.62. The lowest BCUT2D eigenvalue weighted by molar-refractivity contribution is -0.121. The lowest BCUT2D eigenvalue weighted by atomic mass is 10.1. The Morgan fingerprint density at radius 1 is 1.18 bits per heavy atom. The topological polar surface area (TPSA) is 104 Å². The molecule has 0 spiro atoms. The van der Waals surface area contributed by atoms with E-state index in [4.69, 9.17) is 0 Å². The maximum absolute atomic E-state index is 12.2. The van der Waals surface area contributed by atoms with Crippen LogP contribution in [0.3, 0.4) is 0 Å². The van der Waals surface area contributed by atoms with Gasteiger partial charge in [-0.2, -0.15) is 0 Å². The number of carbonyl (C=O) groups is 2. The summed E-state index contributed by atoms with van der Waals surface area (Å²) in [6.45, 7) is 1.94. The summed E-state index contributed by atoms with van der Waals surface area (Å²) in [5, 5.41) is 7.75. The summed E-state index contributed by atoms with van der Waals surface area (Å²) in [4.78, 5) is 42.7. The zero-order chi connectivity index (χ0) is 19.9. The minimum absolute atomic E-state index is 0.0218. The molecule has 0 saturated carbocycles. The van der Waals surface area contributed by atoms with E-state index in [1.165, 1.54) is 23.6 Å². The summed E-state index contributed by atoms with van der Waals surface area (Å²) >= 11 is 1.25. The predicted molar refractivity (Wildman–Crippen MR) is 108 cm³/mol. The minimum Gasteiger partial charge on any atom is -0.350 e. The van der Waals surface area contributed by atoms with E-state index in [0.29, 0.717) is 23.7 Å². The lowest BCUT2D eigenvalue weighted by Crippen LogP contribution is -2.26. The van der Waals surface area contributed by atoms with Gasteiger partial charge in [0.05, 0.1) is 11.7 Å². The van der Waals surface area contributed by atoms with Crippen LogP contribution in [0.2, 0.25) is 0 Å². The van der Waals surface area contributed by atoms with Crippen LogP contribution in [0.4, 0.5) is 5.13 Å². The van der Waals surface area contributed by atoms with Gasteiger partial charge in [0.2, 0.25) is 5.91 Å². The van der Waals surface area contributed by atoms with Crippen LogP contribution in [0.1, 0.15) is 41.0 Å². The Hall–Kier alpha value is -3.26. The molecular weight excluding hydrogens is 376 g/mol. The van der Waals surface area contributed by atoms with Crippen molar-refractivity contribution in [2.75, 3.05) is 5.32 Å². The van der Waals surface area contributed by atoms with Gasteiger partial charge in [-0.05, 0) is 31.0 Å². The number of benzene rings is 1. The number of nitrogens with one attached hydrogen (secondary N) is 3. The summed E-state index contributed by atoms with van der Waals surface area (Å²) < 4.78 is 0. The van der Waals surface area contributed by atoms with E-state index >= 15 is 0 Å². The number of anilines is 1. The van der Waals surface area contributed by atoms with Gasteiger partial charge >= 0.3 is 0 Å². The zero-order valence-electron chi connectivity index (χ0n) is 15.3. The van der Waals surface area contributed by atoms with Crippen LogP contribution in [0.15, 0.2) is 58.8 Å². The fraction of sp³-hybridized carbons (Fsp3) is 0.200. The number of H-pyrrole nitrogens is 1. The summed E-state index contributed by atoms with van der Waals surface area (Å²) in [6.07, 6.45) is 2.22. The second-order valence-electron chi connectivity index (χ2n) is 6.21. The highest BCUT2D eigenvalue weighted by molar-refractivity contribution is 7.14. The monoisotopic (exact) mass is 396 g/mol. The first-order chi connectivity index (χ1) is 13.5. The predicted octanol–water partition coefficient (Wildman–Crippen LogP) is 2.89. The number of pyridine rings is 1. The molecule has 0 unspecified atom stereocenters. The summed E-state index contributed by atoms with van der Waals surface area (Å²) in [7, 11) is 0. The number of nitrogens with zero attached hydrogens (tertiary/aromatic N) is 1. The highest BCUT2D eigenvalue weighted by atomic mass is 32.1. The second-order valence-corrected chi connectivity index (χ2v) is 7.07. The SMILES string of the molecule is C[C@@H](NC(=O)CCc1csc(NC(=O)c2ccc[nH]c2=O)n1)c1ccccc1. The standard InChI is InChI=1S/C20H20N4O3S/c1-13(14-6-3-2-4-7-14)22-17(25)10-9-15-12-28-20(23-15)24-19(27)16-8-5-11-21-18(16)26/h2-8,11-13H,9-10H2,1H3,(H,21,26)(H,22,25)(H,23,24,27)/t13-/m1/s1. The van der Waals surface area contributed by atoms with Gasteiger partial charge in [-0.15, -0.1) is 11.3 Å². The van der Waals surface area contributed by atoms with Crippen molar-refractivity contribution >= 4 is 28.3 Å². The van der Waals surface area contributed by atoms with E-state index in [1.807, 2.05) is 37.3 Å². The smallest absolute Gasteiger partial charge is 0.263 e. The van der Waals surface area contributed by atoms with Crippen LogP contribution >= 0.6 is 11.3 Å². The Morgan fingerprint density at radius 3 is 2.71 bits per heavy atom. The van der Waals surface area contributed by atoms with E-state index in [0.717, 1.165) is 5.56 Å². The minimum atomic E-state index is -0.517. The van der Waals surface area contributed by atoms with Crippen molar-refractivity contribution in [3.63, 3.8) is 0 Å². The number of aromatic nitrogens is 2. The Bertz CT molecular complexity index is 1010. The van der Waals surface area contributed by atoms with Gasteiger partial charge in [0.25, 0.3) is 11.5 Å². The molecule has 0 aliphatic carbocycles. The first-order valence-corrected chi connectivity index (χ1v) is 9.68. The number of hydrogen-bond acceptors (Lipinski definition) is 5. The summed E-state index contributed by atoms with van der Waals surface area (Å²) in [6, 6.07) is 12.7. The summed E-state index contributed by atoms with van der Waals surface area (Å²) in [5.41, 5.74) is 1.32. The summed E-state index contributed by atoms with van der Waals surface area (Å²) in [5.74, 6) is -0.581.